The monoisotopic (exact) mass is 498 g/mol. The van der Waals surface area contributed by atoms with Crippen molar-refractivity contribution in [2.24, 2.45) is 0 Å². The van der Waals surface area contributed by atoms with Crippen molar-refractivity contribution in [1.82, 2.24) is 9.55 Å². The van der Waals surface area contributed by atoms with Gasteiger partial charge in [0.05, 0.1) is 33.7 Å². The van der Waals surface area contributed by atoms with Gasteiger partial charge in [-0.05, 0) is 62.2 Å². The zero-order valence-corrected chi connectivity index (χ0v) is 21.1. The molecule has 1 aliphatic heterocycles. The molecule has 36 heavy (non-hydrogen) atoms. The quantitative estimate of drug-likeness (QED) is 0.321. The number of nitrogens with one attached hydrogen (secondary N) is 1. The fraction of sp³-hybridized carbons (Fsp3) is 0.214. The van der Waals surface area contributed by atoms with E-state index < -0.39 is 0 Å². The second kappa shape index (κ2) is 9.62. The highest BCUT2D eigenvalue weighted by molar-refractivity contribution is 7.99. The molecule has 0 aliphatic carbocycles. The number of aromatic nitrogens is 2. The molecule has 7 nitrogen and oxygen atoms in total. The van der Waals surface area contributed by atoms with Crippen molar-refractivity contribution in [3.8, 4) is 5.69 Å². The van der Waals surface area contributed by atoms with Gasteiger partial charge in [-0.15, -0.1) is 0 Å². The molecular formula is C28H26N4O3S. The maximum absolute atomic E-state index is 13.6. The second-order valence-electron chi connectivity index (χ2n) is 8.94. The van der Waals surface area contributed by atoms with Crippen LogP contribution in [0.2, 0.25) is 0 Å². The molecular weight excluding hydrogens is 472 g/mol. The van der Waals surface area contributed by atoms with Crippen LogP contribution in [0.3, 0.4) is 0 Å². The van der Waals surface area contributed by atoms with Gasteiger partial charge >= 0.3 is 0 Å². The van der Waals surface area contributed by atoms with Crippen LogP contribution in [-0.2, 0) is 9.59 Å². The minimum atomic E-state index is -0.312. The number of amides is 2. The lowest BCUT2D eigenvalue weighted by molar-refractivity contribution is -0.117. The molecule has 182 valence electrons. The van der Waals surface area contributed by atoms with Crippen LogP contribution in [0.25, 0.3) is 16.6 Å². The average molecular weight is 499 g/mol. The molecule has 0 saturated heterocycles. The largest absolute Gasteiger partial charge is 0.324 e. The second-order valence-corrected chi connectivity index (χ2v) is 9.88. The Bertz CT molecular complexity index is 1560. The number of aryl methyl sites for hydroxylation is 1. The smallest absolute Gasteiger partial charge is 0.266 e. The zero-order valence-electron chi connectivity index (χ0n) is 20.3. The summed E-state index contributed by atoms with van der Waals surface area (Å²) in [5, 5.41) is 3.86. The van der Waals surface area contributed by atoms with Crippen LogP contribution in [0, 0.1) is 13.8 Å². The van der Waals surface area contributed by atoms with Crippen molar-refractivity contribution in [1.29, 1.82) is 0 Å². The third kappa shape index (κ3) is 4.28. The number of hydrogen-bond donors (Lipinski definition) is 1. The summed E-state index contributed by atoms with van der Waals surface area (Å²) >= 11 is 1.23. The summed E-state index contributed by atoms with van der Waals surface area (Å²) in [6.07, 6.45) is 0.201. The zero-order chi connectivity index (χ0) is 25.4. The molecule has 1 unspecified atom stereocenters. The van der Waals surface area contributed by atoms with Crippen LogP contribution < -0.4 is 15.8 Å². The molecule has 5 rings (SSSR count). The first kappa shape index (κ1) is 23.8. The molecule has 2 heterocycles. The maximum atomic E-state index is 13.6. The Kier molecular flexibility index (Phi) is 6.36. The highest BCUT2D eigenvalue weighted by Gasteiger charge is 2.30. The number of benzene rings is 3. The van der Waals surface area contributed by atoms with E-state index in [1.807, 2.05) is 69.3 Å². The molecule has 1 aromatic heterocycles. The Morgan fingerprint density at radius 2 is 1.72 bits per heavy atom. The Labute approximate surface area is 213 Å². The molecule has 8 heteroatoms. The number of nitrogens with zero attached hydrogens (tertiary/aromatic N) is 3. The molecule has 1 atom stereocenters. The summed E-state index contributed by atoms with van der Waals surface area (Å²) < 4.78 is 1.60. The van der Waals surface area contributed by atoms with E-state index in [1.54, 1.807) is 27.7 Å². The topological polar surface area (TPSA) is 84.3 Å². The number of para-hydroxylation sites is 3. The Hall–Kier alpha value is -3.91. The van der Waals surface area contributed by atoms with Crippen LogP contribution in [0.4, 0.5) is 11.4 Å². The van der Waals surface area contributed by atoms with E-state index in [-0.39, 0.29) is 35.6 Å². The number of thioether (sulfide) groups is 1. The number of fused-ring (bicyclic) bond motifs is 2. The lowest BCUT2D eigenvalue weighted by Gasteiger charge is -2.27. The van der Waals surface area contributed by atoms with Crippen molar-refractivity contribution in [2.75, 3.05) is 16.0 Å². The Morgan fingerprint density at radius 1 is 1.00 bits per heavy atom. The van der Waals surface area contributed by atoms with Crippen LogP contribution in [0.15, 0.2) is 76.7 Å². The number of anilines is 2. The number of carbonyl (C=O) groups excluding carboxylic acids is 2. The summed E-state index contributed by atoms with van der Waals surface area (Å²) in [6, 6.07) is 20.0. The number of hydrogen-bond acceptors (Lipinski definition) is 5. The number of rotatable bonds is 4. The van der Waals surface area contributed by atoms with Gasteiger partial charge in [0, 0.05) is 12.5 Å². The van der Waals surface area contributed by atoms with Gasteiger partial charge in [-0.3, -0.25) is 19.0 Å². The van der Waals surface area contributed by atoms with E-state index in [9.17, 15) is 14.4 Å². The van der Waals surface area contributed by atoms with Gasteiger partial charge in [-0.2, -0.15) is 0 Å². The van der Waals surface area contributed by atoms with Gasteiger partial charge in [-0.1, -0.05) is 48.2 Å². The van der Waals surface area contributed by atoms with Gasteiger partial charge in [0.1, 0.15) is 0 Å². The van der Waals surface area contributed by atoms with Crippen LogP contribution in [0.5, 0.6) is 0 Å². The van der Waals surface area contributed by atoms with E-state index in [0.717, 1.165) is 16.8 Å². The third-order valence-electron chi connectivity index (χ3n) is 6.51. The van der Waals surface area contributed by atoms with Crippen molar-refractivity contribution in [3.05, 3.63) is 88.2 Å². The molecule has 1 N–H and O–H groups in total. The summed E-state index contributed by atoms with van der Waals surface area (Å²) in [6.45, 7) is 5.85. The minimum Gasteiger partial charge on any atom is -0.324 e. The summed E-state index contributed by atoms with van der Waals surface area (Å²) in [5.41, 5.74) is 4.48. The summed E-state index contributed by atoms with van der Waals surface area (Å²) in [4.78, 5) is 46.0. The van der Waals surface area contributed by atoms with Crippen LogP contribution in [0.1, 0.15) is 24.5 Å². The highest BCUT2D eigenvalue weighted by atomic mass is 32.2. The molecule has 0 saturated carbocycles. The third-order valence-corrected chi connectivity index (χ3v) is 7.44. The van der Waals surface area contributed by atoms with Gasteiger partial charge in [-0.25, -0.2) is 4.98 Å². The first-order chi connectivity index (χ1) is 17.3. The number of carbonyl (C=O) groups is 2. The van der Waals surface area contributed by atoms with E-state index in [0.29, 0.717) is 27.4 Å². The van der Waals surface area contributed by atoms with E-state index in [1.165, 1.54) is 11.8 Å². The van der Waals surface area contributed by atoms with E-state index in [4.69, 9.17) is 4.98 Å². The first-order valence-corrected chi connectivity index (χ1v) is 12.8. The molecule has 1 aliphatic rings. The molecule has 0 radical (unpaired) electrons. The highest BCUT2D eigenvalue weighted by Crippen LogP contribution is 2.32. The summed E-state index contributed by atoms with van der Waals surface area (Å²) in [5.74, 6) is -0.230. The molecule has 0 fully saturated rings. The SMILES string of the molecule is Cc1cccc(-n2c(SCC(=O)N3c4ccccc4NC(=O)CC3C)nc3ccccc3c2=O)c1C. The average Bonchev–Trinajstić information content (AvgIpc) is 2.99. The fourth-order valence-corrected chi connectivity index (χ4v) is 5.43. The van der Waals surface area contributed by atoms with Gasteiger partial charge < -0.3 is 10.2 Å². The Morgan fingerprint density at radius 3 is 2.56 bits per heavy atom. The molecule has 4 aromatic rings. The standard InChI is InChI=1S/C28H26N4O3S/c1-17-9-8-14-23(19(17)3)32-27(35)20-10-4-5-11-21(20)30-28(32)36-16-26(34)31-18(2)15-25(33)29-22-12-6-7-13-24(22)31/h4-14,18H,15-16H2,1-3H3,(H,29,33). The van der Waals surface area contributed by atoms with Crippen molar-refractivity contribution >= 4 is 45.9 Å². The normalized spacial score (nSPS) is 15.4. The van der Waals surface area contributed by atoms with Crippen molar-refractivity contribution in [2.45, 2.75) is 38.4 Å². The van der Waals surface area contributed by atoms with Crippen LogP contribution in [-0.4, -0.2) is 33.2 Å². The van der Waals surface area contributed by atoms with Gasteiger partial charge in [0.15, 0.2) is 5.16 Å². The lowest BCUT2D eigenvalue weighted by Crippen LogP contribution is -2.40. The van der Waals surface area contributed by atoms with Crippen LogP contribution >= 0.6 is 11.8 Å². The van der Waals surface area contributed by atoms with E-state index >= 15 is 0 Å². The fourth-order valence-electron chi connectivity index (χ4n) is 4.56. The maximum Gasteiger partial charge on any atom is 0.266 e. The molecule has 2 amide bonds. The minimum absolute atomic E-state index is 0.0580. The van der Waals surface area contributed by atoms with Crippen molar-refractivity contribution in [3.63, 3.8) is 0 Å². The van der Waals surface area contributed by atoms with Gasteiger partial charge in [0.25, 0.3) is 5.56 Å². The predicted octanol–water partition coefficient (Wildman–Crippen LogP) is 4.86. The predicted molar refractivity (Wildman–Crippen MR) is 144 cm³/mol. The van der Waals surface area contributed by atoms with E-state index in [2.05, 4.69) is 5.32 Å². The van der Waals surface area contributed by atoms with Gasteiger partial charge in [0.2, 0.25) is 11.8 Å². The van der Waals surface area contributed by atoms with Crippen molar-refractivity contribution < 1.29 is 9.59 Å². The molecule has 0 spiro atoms. The summed E-state index contributed by atoms with van der Waals surface area (Å²) in [7, 11) is 0. The lowest BCUT2D eigenvalue weighted by atomic mass is 10.1. The molecule has 0 bridgehead atoms. The Balaban J connectivity index is 1.55. The first-order valence-electron chi connectivity index (χ1n) is 11.8. The molecule has 3 aromatic carbocycles.